The van der Waals surface area contributed by atoms with Crippen LogP contribution in [0.5, 0.6) is 0 Å². The Balaban J connectivity index is 1.62. The number of hydrogen-bond donors (Lipinski definition) is 1. The first-order chi connectivity index (χ1) is 10.3. The van der Waals surface area contributed by atoms with E-state index in [-0.39, 0.29) is 0 Å². The van der Waals surface area contributed by atoms with Gasteiger partial charge in [-0.25, -0.2) is 0 Å². The van der Waals surface area contributed by atoms with E-state index in [2.05, 4.69) is 48.5 Å². The molecule has 0 amide bonds. The summed E-state index contributed by atoms with van der Waals surface area (Å²) in [5, 5.41) is 3.53. The van der Waals surface area contributed by atoms with Crippen molar-refractivity contribution in [2.75, 3.05) is 20.1 Å². The van der Waals surface area contributed by atoms with E-state index in [1.54, 1.807) is 0 Å². The number of likely N-dealkylation sites (N-methyl/N-ethyl adjacent to an activating group) is 1. The van der Waals surface area contributed by atoms with Gasteiger partial charge in [-0.1, -0.05) is 37.6 Å². The van der Waals surface area contributed by atoms with Crippen molar-refractivity contribution in [1.29, 1.82) is 0 Å². The fourth-order valence-electron chi connectivity index (χ4n) is 3.25. The van der Waals surface area contributed by atoms with Gasteiger partial charge in [0, 0.05) is 25.2 Å². The van der Waals surface area contributed by atoms with Gasteiger partial charge in [0.1, 0.15) is 0 Å². The van der Waals surface area contributed by atoms with Crippen LogP contribution in [-0.2, 0) is 6.42 Å². The van der Waals surface area contributed by atoms with E-state index in [9.17, 15) is 0 Å². The minimum atomic E-state index is 0.472. The van der Waals surface area contributed by atoms with Gasteiger partial charge in [-0.05, 0) is 56.2 Å². The summed E-state index contributed by atoms with van der Waals surface area (Å²) >= 11 is 0. The molecule has 1 unspecified atom stereocenters. The highest BCUT2D eigenvalue weighted by molar-refractivity contribution is 5.25. The standard InChI is InChI=1S/C19H30N2/c1-3-4-15-7-9-17(10-8-15)19(20-2)14-21(18-11-12-18)13-16-5-6-16/h7-10,16,18-20H,3-6,11-14H2,1-2H3. The molecule has 0 aromatic heterocycles. The third-order valence-electron chi connectivity index (χ3n) is 4.94. The number of aryl methyl sites for hydroxylation is 1. The first kappa shape index (κ1) is 15.1. The second-order valence-corrected chi connectivity index (χ2v) is 6.96. The Kier molecular flexibility index (Phi) is 4.97. The summed E-state index contributed by atoms with van der Waals surface area (Å²) in [6.45, 7) is 4.75. The molecule has 1 aromatic carbocycles. The van der Waals surface area contributed by atoms with Crippen molar-refractivity contribution in [3.8, 4) is 0 Å². The molecule has 0 heterocycles. The van der Waals surface area contributed by atoms with E-state index < -0.39 is 0 Å². The molecule has 0 saturated heterocycles. The fraction of sp³-hybridized carbons (Fsp3) is 0.684. The number of hydrogen-bond acceptors (Lipinski definition) is 2. The maximum atomic E-state index is 3.53. The maximum Gasteiger partial charge on any atom is 0.0446 e. The van der Waals surface area contributed by atoms with Crippen LogP contribution in [0.15, 0.2) is 24.3 Å². The van der Waals surface area contributed by atoms with Crippen LogP contribution in [0.2, 0.25) is 0 Å². The molecular formula is C19H30N2. The topological polar surface area (TPSA) is 15.3 Å². The van der Waals surface area contributed by atoms with Crippen LogP contribution in [-0.4, -0.2) is 31.1 Å². The highest BCUT2D eigenvalue weighted by Gasteiger charge is 2.34. The van der Waals surface area contributed by atoms with Gasteiger partial charge in [0.05, 0.1) is 0 Å². The lowest BCUT2D eigenvalue weighted by molar-refractivity contribution is 0.227. The Hall–Kier alpha value is -0.860. The zero-order valence-electron chi connectivity index (χ0n) is 13.6. The van der Waals surface area contributed by atoms with Gasteiger partial charge >= 0.3 is 0 Å². The van der Waals surface area contributed by atoms with Crippen molar-refractivity contribution >= 4 is 0 Å². The molecule has 0 bridgehead atoms. The minimum absolute atomic E-state index is 0.472. The van der Waals surface area contributed by atoms with E-state index >= 15 is 0 Å². The highest BCUT2D eigenvalue weighted by atomic mass is 15.2. The zero-order chi connectivity index (χ0) is 14.7. The summed E-state index contributed by atoms with van der Waals surface area (Å²) in [6.07, 6.45) is 8.17. The number of rotatable bonds is 9. The molecule has 1 atom stereocenters. The number of benzene rings is 1. The molecular weight excluding hydrogens is 256 g/mol. The largest absolute Gasteiger partial charge is 0.312 e. The van der Waals surface area contributed by atoms with E-state index in [1.165, 1.54) is 62.7 Å². The monoisotopic (exact) mass is 286 g/mol. The van der Waals surface area contributed by atoms with Crippen LogP contribution in [0.25, 0.3) is 0 Å². The van der Waals surface area contributed by atoms with Crippen LogP contribution in [0.3, 0.4) is 0 Å². The lowest BCUT2D eigenvalue weighted by atomic mass is 10.0. The molecule has 1 aromatic rings. The summed E-state index contributed by atoms with van der Waals surface area (Å²) in [7, 11) is 2.10. The Morgan fingerprint density at radius 3 is 2.38 bits per heavy atom. The second-order valence-electron chi connectivity index (χ2n) is 6.96. The smallest absolute Gasteiger partial charge is 0.0446 e. The minimum Gasteiger partial charge on any atom is -0.312 e. The average Bonchev–Trinajstić information content (AvgIpc) is 3.38. The van der Waals surface area contributed by atoms with Gasteiger partial charge < -0.3 is 5.32 Å². The molecule has 116 valence electrons. The van der Waals surface area contributed by atoms with Gasteiger partial charge in [0.2, 0.25) is 0 Å². The van der Waals surface area contributed by atoms with Crippen LogP contribution in [0.4, 0.5) is 0 Å². The molecule has 3 rings (SSSR count). The van der Waals surface area contributed by atoms with Crippen molar-refractivity contribution in [2.45, 2.75) is 57.5 Å². The van der Waals surface area contributed by atoms with Crippen molar-refractivity contribution in [3.63, 3.8) is 0 Å². The molecule has 0 radical (unpaired) electrons. The Labute approximate surface area is 129 Å². The molecule has 0 spiro atoms. The third kappa shape index (κ3) is 4.31. The molecule has 1 N–H and O–H groups in total. The Morgan fingerprint density at radius 1 is 1.14 bits per heavy atom. The molecule has 2 heteroatoms. The average molecular weight is 286 g/mol. The normalized spacial score (nSPS) is 20.0. The summed E-state index contributed by atoms with van der Waals surface area (Å²) < 4.78 is 0. The van der Waals surface area contributed by atoms with Gasteiger partial charge in [0.15, 0.2) is 0 Å². The number of nitrogens with one attached hydrogen (secondary N) is 1. The van der Waals surface area contributed by atoms with Gasteiger partial charge in [-0.15, -0.1) is 0 Å². The lowest BCUT2D eigenvalue weighted by Gasteiger charge is -2.28. The molecule has 21 heavy (non-hydrogen) atoms. The fourth-order valence-corrected chi connectivity index (χ4v) is 3.25. The van der Waals surface area contributed by atoms with Crippen molar-refractivity contribution in [3.05, 3.63) is 35.4 Å². The molecule has 2 aliphatic carbocycles. The molecule has 2 aliphatic rings. The van der Waals surface area contributed by atoms with Crippen LogP contribution in [0, 0.1) is 5.92 Å². The highest BCUT2D eigenvalue weighted by Crippen LogP contribution is 2.35. The predicted molar refractivity (Wildman–Crippen MR) is 89.6 cm³/mol. The second kappa shape index (κ2) is 6.93. The van der Waals surface area contributed by atoms with Crippen LogP contribution < -0.4 is 5.32 Å². The van der Waals surface area contributed by atoms with E-state index in [4.69, 9.17) is 0 Å². The Bertz CT molecular complexity index is 431. The third-order valence-corrected chi connectivity index (χ3v) is 4.94. The van der Waals surface area contributed by atoms with Crippen molar-refractivity contribution in [2.24, 2.45) is 5.92 Å². The first-order valence-corrected chi connectivity index (χ1v) is 8.80. The van der Waals surface area contributed by atoms with Crippen LogP contribution in [0.1, 0.15) is 56.2 Å². The van der Waals surface area contributed by atoms with Gasteiger partial charge in [-0.3, -0.25) is 4.90 Å². The Morgan fingerprint density at radius 2 is 1.86 bits per heavy atom. The lowest BCUT2D eigenvalue weighted by Crippen LogP contribution is -2.36. The van der Waals surface area contributed by atoms with Gasteiger partial charge in [0.25, 0.3) is 0 Å². The van der Waals surface area contributed by atoms with Crippen molar-refractivity contribution in [1.82, 2.24) is 10.2 Å². The summed E-state index contributed by atoms with van der Waals surface area (Å²) in [6, 6.07) is 10.6. The van der Waals surface area contributed by atoms with E-state index in [0.717, 1.165) is 12.0 Å². The summed E-state index contributed by atoms with van der Waals surface area (Å²) in [5.74, 6) is 0.995. The molecule has 2 saturated carbocycles. The van der Waals surface area contributed by atoms with Crippen LogP contribution >= 0.6 is 0 Å². The maximum absolute atomic E-state index is 3.53. The van der Waals surface area contributed by atoms with E-state index in [1.807, 2.05) is 0 Å². The van der Waals surface area contributed by atoms with Crippen molar-refractivity contribution < 1.29 is 0 Å². The molecule has 2 fully saturated rings. The molecule has 2 nitrogen and oxygen atoms in total. The first-order valence-electron chi connectivity index (χ1n) is 8.80. The quantitative estimate of drug-likeness (QED) is 0.743. The number of nitrogens with zero attached hydrogens (tertiary/aromatic N) is 1. The zero-order valence-corrected chi connectivity index (χ0v) is 13.6. The van der Waals surface area contributed by atoms with E-state index in [0.29, 0.717) is 6.04 Å². The SMILES string of the molecule is CCCc1ccc(C(CN(CC2CC2)C2CC2)NC)cc1. The predicted octanol–water partition coefficient (Wildman–Crippen LogP) is 3.77. The summed E-state index contributed by atoms with van der Waals surface area (Å²) in [5.41, 5.74) is 2.91. The molecule has 0 aliphatic heterocycles. The summed E-state index contributed by atoms with van der Waals surface area (Å²) in [4.78, 5) is 2.75. The van der Waals surface area contributed by atoms with Gasteiger partial charge in [-0.2, -0.15) is 0 Å².